The first-order valence-corrected chi connectivity index (χ1v) is 8.68. The Kier molecular flexibility index (Phi) is 4.08. The van der Waals surface area contributed by atoms with Gasteiger partial charge in [-0.05, 0) is 25.3 Å². The molecule has 1 amide bonds. The molecule has 0 saturated carbocycles. The van der Waals surface area contributed by atoms with Crippen molar-refractivity contribution in [2.45, 2.75) is 25.3 Å². The predicted molar refractivity (Wildman–Crippen MR) is 86.7 cm³/mol. The third-order valence-electron chi connectivity index (χ3n) is 4.04. The lowest BCUT2D eigenvalue weighted by atomic mass is 10.0. The Labute approximate surface area is 142 Å². The van der Waals surface area contributed by atoms with E-state index in [9.17, 15) is 4.79 Å². The van der Waals surface area contributed by atoms with Crippen LogP contribution in [0, 0.1) is 0 Å². The van der Waals surface area contributed by atoms with E-state index in [4.69, 9.17) is 4.74 Å². The van der Waals surface area contributed by atoms with E-state index in [1.165, 1.54) is 10.8 Å². The molecule has 3 aromatic heterocycles. The summed E-state index contributed by atoms with van der Waals surface area (Å²) in [4.78, 5) is 18.9. The van der Waals surface area contributed by atoms with Crippen LogP contribution in [-0.2, 0) is 4.79 Å². The Hall–Kier alpha value is -2.55. The maximum atomic E-state index is 12.6. The van der Waals surface area contributed by atoms with Crippen molar-refractivity contribution in [1.82, 2.24) is 29.7 Å². The molecule has 1 saturated heterocycles. The number of piperidine rings is 1. The molecule has 4 heterocycles. The van der Waals surface area contributed by atoms with Crippen molar-refractivity contribution >= 4 is 22.9 Å². The second-order valence-electron chi connectivity index (χ2n) is 5.56. The quantitative estimate of drug-likeness (QED) is 0.716. The van der Waals surface area contributed by atoms with Gasteiger partial charge in [0.05, 0.1) is 6.04 Å². The van der Waals surface area contributed by atoms with Crippen molar-refractivity contribution in [2.24, 2.45) is 0 Å². The molecule has 1 aliphatic heterocycles. The number of likely N-dealkylation sites (tertiary alicyclic amines) is 1. The summed E-state index contributed by atoms with van der Waals surface area (Å²) >= 11 is 1.59. The van der Waals surface area contributed by atoms with Crippen molar-refractivity contribution in [3.8, 4) is 5.88 Å². The number of ether oxygens (including phenoxy) is 1. The number of amides is 1. The van der Waals surface area contributed by atoms with Crippen LogP contribution in [0.1, 0.15) is 30.3 Å². The topological polar surface area (TPSA) is 85.5 Å². The third kappa shape index (κ3) is 2.94. The van der Waals surface area contributed by atoms with Crippen LogP contribution in [0.5, 0.6) is 5.88 Å². The normalized spacial score (nSPS) is 18.0. The van der Waals surface area contributed by atoms with E-state index in [1.54, 1.807) is 29.7 Å². The van der Waals surface area contributed by atoms with Crippen LogP contribution in [-0.4, -0.2) is 48.8 Å². The summed E-state index contributed by atoms with van der Waals surface area (Å²) in [5.41, 5.74) is 0.633. The number of carbonyl (C=O) groups is 1. The predicted octanol–water partition coefficient (Wildman–Crippen LogP) is 1.71. The smallest absolute Gasteiger partial charge is 0.261 e. The summed E-state index contributed by atoms with van der Waals surface area (Å²) in [5.74, 6) is 0.332. The van der Waals surface area contributed by atoms with Crippen molar-refractivity contribution < 1.29 is 9.53 Å². The van der Waals surface area contributed by atoms with Crippen LogP contribution in [0.3, 0.4) is 0 Å². The number of nitrogens with zero attached hydrogens (tertiary/aromatic N) is 6. The van der Waals surface area contributed by atoms with E-state index in [0.29, 0.717) is 11.5 Å². The number of fused-ring (bicyclic) bond motifs is 1. The molecule has 9 heteroatoms. The summed E-state index contributed by atoms with van der Waals surface area (Å²) in [6.07, 6.45) is 6.35. The highest BCUT2D eigenvalue weighted by Crippen LogP contribution is 2.32. The summed E-state index contributed by atoms with van der Waals surface area (Å²) < 4.78 is 7.08. The largest absolute Gasteiger partial charge is 0.467 e. The minimum absolute atomic E-state index is 0.0392. The maximum Gasteiger partial charge on any atom is 0.261 e. The van der Waals surface area contributed by atoms with Gasteiger partial charge in [-0.25, -0.2) is 4.98 Å². The molecule has 8 nitrogen and oxygen atoms in total. The zero-order valence-corrected chi connectivity index (χ0v) is 13.7. The molecular weight excluding hydrogens is 328 g/mol. The number of hydrogen-bond donors (Lipinski definition) is 0. The van der Waals surface area contributed by atoms with Gasteiger partial charge in [0.1, 0.15) is 11.3 Å². The minimum Gasteiger partial charge on any atom is -0.467 e. The van der Waals surface area contributed by atoms with E-state index in [1.807, 2.05) is 10.3 Å². The molecule has 1 aliphatic rings. The Balaban J connectivity index is 1.44. The van der Waals surface area contributed by atoms with Crippen molar-refractivity contribution in [1.29, 1.82) is 0 Å². The summed E-state index contributed by atoms with van der Waals surface area (Å²) in [6.45, 7) is 0.701. The fourth-order valence-corrected chi connectivity index (χ4v) is 3.68. The molecule has 4 rings (SSSR count). The first-order chi connectivity index (χ1) is 11.8. The Morgan fingerprint density at radius 2 is 2.33 bits per heavy atom. The SMILES string of the molecule is O=C(COc1ccc2nncn2n1)N1CCCCC1c1nccs1. The van der Waals surface area contributed by atoms with E-state index in [0.717, 1.165) is 30.8 Å². The molecule has 0 aromatic carbocycles. The number of hydrogen-bond acceptors (Lipinski definition) is 7. The molecule has 0 N–H and O–H groups in total. The molecule has 1 atom stereocenters. The molecule has 3 aromatic rings. The summed E-state index contributed by atoms with van der Waals surface area (Å²) in [5, 5.41) is 14.8. The molecule has 1 fully saturated rings. The highest BCUT2D eigenvalue weighted by Gasteiger charge is 2.29. The molecule has 1 unspecified atom stereocenters. The number of aromatic nitrogens is 5. The lowest BCUT2D eigenvalue weighted by Gasteiger charge is -2.34. The summed E-state index contributed by atoms with van der Waals surface area (Å²) in [6, 6.07) is 3.49. The Bertz CT molecular complexity index is 833. The molecule has 0 bridgehead atoms. The average Bonchev–Trinajstić information content (AvgIpc) is 3.30. The highest BCUT2D eigenvalue weighted by molar-refractivity contribution is 7.09. The van der Waals surface area contributed by atoms with Gasteiger partial charge < -0.3 is 9.64 Å². The first kappa shape index (κ1) is 15.0. The van der Waals surface area contributed by atoms with Crippen LogP contribution >= 0.6 is 11.3 Å². The fraction of sp³-hybridized carbons (Fsp3) is 0.400. The second-order valence-corrected chi connectivity index (χ2v) is 6.49. The number of rotatable bonds is 4. The van der Waals surface area contributed by atoms with Gasteiger partial charge >= 0.3 is 0 Å². The monoisotopic (exact) mass is 344 g/mol. The number of carbonyl (C=O) groups excluding carboxylic acids is 1. The van der Waals surface area contributed by atoms with Crippen LogP contribution in [0.4, 0.5) is 0 Å². The van der Waals surface area contributed by atoms with Gasteiger partial charge in [0, 0.05) is 24.2 Å². The van der Waals surface area contributed by atoms with Gasteiger partial charge in [-0.3, -0.25) is 4.79 Å². The Morgan fingerprint density at radius 3 is 3.21 bits per heavy atom. The maximum absolute atomic E-state index is 12.6. The number of thiazole rings is 1. The van der Waals surface area contributed by atoms with Gasteiger partial charge in [0.15, 0.2) is 12.3 Å². The van der Waals surface area contributed by atoms with E-state index in [-0.39, 0.29) is 18.6 Å². The molecule has 0 radical (unpaired) electrons. The van der Waals surface area contributed by atoms with Crippen LogP contribution < -0.4 is 4.74 Å². The fourth-order valence-electron chi connectivity index (χ4n) is 2.89. The first-order valence-electron chi connectivity index (χ1n) is 7.80. The van der Waals surface area contributed by atoms with E-state index >= 15 is 0 Å². The van der Waals surface area contributed by atoms with Crippen LogP contribution in [0.2, 0.25) is 0 Å². The standard InChI is InChI=1S/C15H16N6O2S/c22-14(9-23-13-5-4-12-18-17-10-21(12)19-13)20-7-2-1-3-11(20)15-16-6-8-24-15/h4-6,8,10-11H,1-3,7,9H2. The van der Waals surface area contributed by atoms with Crippen molar-refractivity contribution in [3.63, 3.8) is 0 Å². The zero-order valence-electron chi connectivity index (χ0n) is 12.9. The minimum atomic E-state index is -0.0412. The van der Waals surface area contributed by atoms with Crippen molar-refractivity contribution in [3.05, 3.63) is 35.0 Å². The molecular formula is C15H16N6O2S. The van der Waals surface area contributed by atoms with Gasteiger partial charge in [-0.1, -0.05) is 0 Å². The van der Waals surface area contributed by atoms with Crippen molar-refractivity contribution in [2.75, 3.05) is 13.2 Å². The molecule has 0 aliphatic carbocycles. The van der Waals surface area contributed by atoms with E-state index in [2.05, 4.69) is 20.3 Å². The van der Waals surface area contributed by atoms with Gasteiger partial charge in [0.25, 0.3) is 5.91 Å². The zero-order chi connectivity index (χ0) is 16.4. The van der Waals surface area contributed by atoms with Gasteiger partial charge in [-0.15, -0.1) is 26.6 Å². The average molecular weight is 344 g/mol. The lowest BCUT2D eigenvalue weighted by Crippen LogP contribution is -2.41. The molecule has 24 heavy (non-hydrogen) atoms. The Morgan fingerprint density at radius 1 is 1.38 bits per heavy atom. The second kappa shape index (κ2) is 6.52. The third-order valence-corrected chi connectivity index (χ3v) is 4.92. The van der Waals surface area contributed by atoms with Crippen LogP contribution in [0.25, 0.3) is 5.65 Å². The van der Waals surface area contributed by atoms with Gasteiger partial charge in [-0.2, -0.15) is 4.52 Å². The summed E-state index contributed by atoms with van der Waals surface area (Å²) in [7, 11) is 0. The lowest BCUT2D eigenvalue weighted by molar-refractivity contribution is -0.137. The van der Waals surface area contributed by atoms with E-state index < -0.39 is 0 Å². The van der Waals surface area contributed by atoms with Gasteiger partial charge in [0.2, 0.25) is 5.88 Å². The highest BCUT2D eigenvalue weighted by atomic mass is 32.1. The molecule has 124 valence electrons. The molecule has 0 spiro atoms. The van der Waals surface area contributed by atoms with Crippen LogP contribution in [0.15, 0.2) is 30.0 Å².